The van der Waals surface area contributed by atoms with Crippen LogP contribution in [0.4, 0.5) is 0 Å². The van der Waals surface area contributed by atoms with Gasteiger partial charge in [-0.3, -0.25) is 4.79 Å². The van der Waals surface area contributed by atoms with Gasteiger partial charge in [0.2, 0.25) is 5.91 Å². The molecule has 176 valence electrons. The molecule has 0 radical (unpaired) electrons. The van der Waals surface area contributed by atoms with Gasteiger partial charge in [-0.2, -0.15) is 0 Å². The van der Waals surface area contributed by atoms with Crippen LogP contribution in [0.5, 0.6) is 0 Å². The molecule has 0 saturated heterocycles. The minimum atomic E-state index is -4.14. The first kappa shape index (κ1) is 26.0. The standard InChI is InChI=1S/C25H35NO5S/c1-15(2)20-10-17(5)11-21(16(3)4)22(20)13-24(28)26-32(30,31)19-8-9-23(25(6,7)29)18(12-19)14-27/h8-12,15-16,27,29H,13-14H2,1-7H3,(H,26,28). The summed E-state index contributed by atoms with van der Waals surface area (Å²) in [5.74, 6) is -0.239. The van der Waals surface area contributed by atoms with Crippen LogP contribution in [0.15, 0.2) is 35.2 Å². The van der Waals surface area contributed by atoms with Gasteiger partial charge in [-0.05, 0) is 72.6 Å². The van der Waals surface area contributed by atoms with E-state index in [9.17, 15) is 23.4 Å². The van der Waals surface area contributed by atoms with Crippen molar-refractivity contribution < 1.29 is 23.4 Å². The number of rotatable bonds is 8. The van der Waals surface area contributed by atoms with Crippen molar-refractivity contribution in [3.63, 3.8) is 0 Å². The molecule has 0 aliphatic carbocycles. The maximum absolute atomic E-state index is 12.9. The van der Waals surface area contributed by atoms with Gasteiger partial charge in [0.15, 0.2) is 0 Å². The Hall–Kier alpha value is -2.22. The molecule has 0 unspecified atom stereocenters. The summed E-state index contributed by atoms with van der Waals surface area (Å²) in [6.07, 6.45) is -0.0465. The summed E-state index contributed by atoms with van der Waals surface area (Å²) in [4.78, 5) is 12.7. The molecule has 2 aromatic carbocycles. The molecule has 0 heterocycles. The van der Waals surface area contributed by atoms with Gasteiger partial charge in [0, 0.05) is 0 Å². The third-order valence-electron chi connectivity index (χ3n) is 5.51. The second kappa shape index (κ2) is 9.73. The van der Waals surface area contributed by atoms with Crippen LogP contribution >= 0.6 is 0 Å². The topological polar surface area (TPSA) is 104 Å². The summed E-state index contributed by atoms with van der Waals surface area (Å²) < 4.78 is 27.9. The lowest BCUT2D eigenvalue weighted by Crippen LogP contribution is -2.32. The van der Waals surface area contributed by atoms with E-state index >= 15 is 0 Å². The summed E-state index contributed by atoms with van der Waals surface area (Å²) >= 11 is 0. The van der Waals surface area contributed by atoms with Crippen LogP contribution in [-0.2, 0) is 33.4 Å². The van der Waals surface area contributed by atoms with E-state index < -0.39 is 28.1 Å². The minimum Gasteiger partial charge on any atom is -0.392 e. The fraction of sp³-hybridized carbons (Fsp3) is 0.480. The highest BCUT2D eigenvalue weighted by Gasteiger charge is 2.25. The number of aliphatic hydroxyl groups is 2. The zero-order chi connectivity index (χ0) is 24.4. The van der Waals surface area contributed by atoms with E-state index in [4.69, 9.17) is 0 Å². The van der Waals surface area contributed by atoms with Gasteiger partial charge >= 0.3 is 0 Å². The van der Waals surface area contributed by atoms with E-state index in [1.54, 1.807) is 13.8 Å². The van der Waals surface area contributed by atoms with E-state index in [-0.39, 0.29) is 28.7 Å². The fourth-order valence-corrected chi connectivity index (χ4v) is 5.01. The lowest BCUT2D eigenvalue weighted by atomic mass is 9.85. The molecule has 1 amide bonds. The summed E-state index contributed by atoms with van der Waals surface area (Å²) in [6, 6.07) is 8.17. The molecule has 32 heavy (non-hydrogen) atoms. The Balaban J connectivity index is 2.38. The highest BCUT2D eigenvalue weighted by atomic mass is 32.2. The van der Waals surface area contributed by atoms with Crippen LogP contribution in [0.2, 0.25) is 0 Å². The predicted octanol–water partition coefficient (Wildman–Crippen LogP) is 4.01. The average molecular weight is 462 g/mol. The van der Waals surface area contributed by atoms with E-state index in [1.165, 1.54) is 18.2 Å². The molecule has 3 N–H and O–H groups in total. The molecule has 2 aromatic rings. The van der Waals surface area contributed by atoms with Crippen molar-refractivity contribution in [2.45, 2.75) is 83.8 Å². The maximum atomic E-state index is 12.9. The van der Waals surface area contributed by atoms with Crippen molar-refractivity contribution in [1.82, 2.24) is 4.72 Å². The largest absolute Gasteiger partial charge is 0.392 e. The summed E-state index contributed by atoms with van der Waals surface area (Å²) in [7, 11) is -4.14. The van der Waals surface area contributed by atoms with E-state index in [2.05, 4.69) is 44.5 Å². The number of hydrogen-bond acceptors (Lipinski definition) is 5. The van der Waals surface area contributed by atoms with Crippen molar-refractivity contribution in [2.75, 3.05) is 0 Å². The molecule has 0 spiro atoms. The summed E-state index contributed by atoms with van der Waals surface area (Å²) in [5.41, 5.74) is 3.52. The van der Waals surface area contributed by atoms with Gasteiger partial charge in [-0.15, -0.1) is 0 Å². The monoisotopic (exact) mass is 461 g/mol. The molecular weight excluding hydrogens is 426 g/mol. The number of nitrogens with one attached hydrogen (secondary N) is 1. The van der Waals surface area contributed by atoms with Crippen molar-refractivity contribution in [3.8, 4) is 0 Å². The average Bonchev–Trinajstić information content (AvgIpc) is 2.66. The first-order valence-corrected chi connectivity index (χ1v) is 12.3. The zero-order valence-corrected chi connectivity index (χ0v) is 20.8. The Morgan fingerprint density at radius 3 is 2.00 bits per heavy atom. The first-order chi connectivity index (χ1) is 14.7. The SMILES string of the molecule is Cc1cc(C(C)C)c(CC(=O)NS(=O)(=O)c2ccc(C(C)(C)O)c(CO)c2)c(C(C)C)c1. The number of benzene rings is 2. The number of aryl methyl sites for hydroxylation is 1. The van der Waals surface area contributed by atoms with Crippen molar-refractivity contribution in [1.29, 1.82) is 0 Å². The van der Waals surface area contributed by atoms with Crippen LogP contribution in [0, 0.1) is 6.92 Å². The molecule has 0 bridgehead atoms. The van der Waals surface area contributed by atoms with Crippen molar-refractivity contribution in [3.05, 3.63) is 63.7 Å². The fourth-order valence-electron chi connectivity index (χ4n) is 3.98. The number of carbonyl (C=O) groups excluding carboxylic acids is 1. The lowest BCUT2D eigenvalue weighted by Gasteiger charge is -2.22. The highest BCUT2D eigenvalue weighted by Crippen LogP contribution is 2.30. The summed E-state index contributed by atoms with van der Waals surface area (Å²) in [6.45, 7) is 12.9. The van der Waals surface area contributed by atoms with Crippen molar-refractivity contribution >= 4 is 15.9 Å². The third kappa shape index (κ3) is 5.97. The number of sulfonamides is 1. The number of amides is 1. The van der Waals surface area contributed by atoms with Gasteiger partial charge in [-0.25, -0.2) is 13.1 Å². The molecule has 0 atom stereocenters. The molecule has 0 aliphatic heterocycles. The van der Waals surface area contributed by atoms with E-state index in [0.29, 0.717) is 5.56 Å². The number of aliphatic hydroxyl groups excluding tert-OH is 1. The molecular formula is C25H35NO5S. The molecule has 6 nitrogen and oxygen atoms in total. The highest BCUT2D eigenvalue weighted by molar-refractivity contribution is 7.90. The molecule has 2 rings (SSSR count). The second-order valence-electron chi connectivity index (χ2n) is 9.47. The predicted molar refractivity (Wildman–Crippen MR) is 126 cm³/mol. The number of hydrogen-bond donors (Lipinski definition) is 3. The van der Waals surface area contributed by atoms with Crippen LogP contribution < -0.4 is 4.72 Å². The Morgan fingerprint density at radius 1 is 1.03 bits per heavy atom. The summed E-state index contributed by atoms with van der Waals surface area (Å²) in [5, 5.41) is 19.9. The third-order valence-corrected chi connectivity index (χ3v) is 6.88. The normalized spacial score (nSPS) is 12.5. The Kier molecular flexibility index (Phi) is 7.92. The molecule has 0 aromatic heterocycles. The van der Waals surface area contributed by atoms with Crippen molar-refractivity contribution in [2.24, 2.45) is 0 Å². The van der Waals surface area contributed by atoms with Gasteiger partial charge in [-0.1, -0.05) is 51.5 Å². The molecule has 0 fully saturated rings. The Bertz CT molecular complexity index is 1070. The maximum Gasteiger partial charge on any atom is 0.264 e. The molecule has 0 aliphatic rings. The van der Waals surface area contributed by atoms with E-state index in [1.807, 2.05) is 6.92 Å². The van der Waals surface area contributed by atoms with Crippen LogP contribution in [0.25, 0.3) is 0 Å². The second-order valence-corrected chi connectivity index (χ2v) is 11.2. The van der Waals surface area contributed by atoms with Crippen LogP contribution in [0.1, 0.15) is 86.8 Å². The molecule has 7 heteroatoms. The van der Waals surface area contributed by atoms with Gasteiger partial charge in [0.1, 0.15) is 0 Å². The van der Waals surface area contributed by atoms with Crippen LogP contribution in [-0.4, -0.2) is 24.5 Å². The Morgan fingerprint density at radius 2 is 1.56 bits per heavy atom. The van der Waals surface area contributed by atoms with Gasteiger partial charge < -0.3 is 10.2 Å². The first-order valence-electron chi connectivity index (χ1n) is 10.8. The Labute approximate surface area is 191 Å². The molecule has 0 saturated carbocycles. The smallest absolute Gasteiger partial charge is 0.264 e. The zero-order valence-electron chi connectivity index (χ0n) is 20.0. The van der Waals surface area contributed by atoms with Gasteiger partial charge in [0.25, 0.3) is 10.0 Å². The number of carbonyl (C=O) groups is 1. The van der Waals surface area contributed by atoms with E-state index in [0.717, 1.165) is 22.3 Å². The van der Waals surface area contributed by atoms with Gasteiger partial charge in [0.05, 0.1) is 23.5 Å². The van der Waals surface area contributed by atoms with Crippen LogP contribution in [0.3, 0.4) is 0 Å². The lowest BCUT2D eigenvalue weighted by molar-refractivity contribution is -0.118. The minimum absolute atomic E-state index is 0.0465. The quantitative estimate of drug-likeness (QED) is 0.551.